The van der Waals surface area contributed by atoms with E-state index in [0.29, 0.717) is 29.9 Å². The number of piperidine rings is 1. The summed E-state index contributed by atoms with van der Waals surface area (Å²) in [6.07, 6.45) is 2.02. The topological polar surface area (TPSA) is 49.4 Å². The van der Waals surface area contributed by atoms with E-state index in [1.54, 1.807) is 10.4 Å². The maximum absolute atomic E-state index is 12.8. The Morgan fingerprint density at radius 2 is 2.29 bits per heavy atom. The number of rotatable bonds is 5. The van der Waals surface area contributed by atoms with Gasteiger partial charge in [0, 0.05) is 24.0 Å². The molecule has 1 aliphatic heterocycles. The molecule has 1 aromatic rings. The molecule has 1 N–H and O–H groups in total. The number of sulfonamides is 1. The van der Waals surface area contributed by atoms with Crippen LogP contribution in [0.25, 0.3) is 0 Å². The van der Waals surface area contributed by atoms with Gasteiger partial charge in [-0.25, -0.2) is 8.42 Å². The van der Waals surface area contributed by atoms with Gasteiger partial charge < -0.3 is 5.32 Å². The zero-order chi connectivity index (χ0) is 15.6. The number of halogens is 1. The van der Waals surface area contributed by atoms with Crippen molar-refractivity contribution in [3.8, 4) is 0 Å². The van der Waals surface area contributed by atoms with E-state index >= 15 is 0 Å². The lowest BCUT2D eigenvalue weighted by molar-refractivity contribution is 0.225. The Morgan fingerprint density at radius 1 is 1.57 bits per heavy atom. The van der Waals surface area contributed by atoms with Gasteiger partial charge in [0.05, 0.1) is 8.68 Å². The van der Waals surface area contributed by atoms with E-state index in [2.05, 4.69) is 35.1 Å². The van der Waals surface area contributed by atoms with Crippen molar-refractivity contribution in [1.82, 2.24) is 9.62 Å². The van der Waals surface area contributed by atoms with E-state index in [-0.39, 0.29) is 0 Å². The van der Waals surface area contributed by atoms with Gasteiger partial charge in [0.25, 0.3) is 0 Å². The third kappa shape index (κ3) is 3.88. The second-order valence-corrected chi connectivity index (χ2v) is 10.1. The van der Waals surface area contributed by atoms with Gasteiger partial charge in [-0.15, -0.1) is 11.3 Å². The molecule has 1 aromatic heterocycles. The van der Waals surface area contributed by atoms with Crippen LogP contribution in [0.5, 0.6) is 0 Å². The summed E-state index contributed by atoms with van der Waals surface area (Å²) in [5, 5.41) is 3.42. The number of aryl methyl sites for hydroxylation is 1. The van der Waals surface area contributed by atoms with Crippen molar-refractivity contribution in [3.63, 3.8) is 0 Å². The molecule has 0 saturated carbocycles. The Hall–Kier alpha value is 0.0500. The predicted molar refractivity (Wildman–Crippen MR) is 91.4 cm³/mol. The van der Waals surface area contributed by atoms with E-state index in [1.165, 1.54) is 11.3 Å². The van der Waals surface area contributed by atoms with Gasteiger partial charge in [-0.2, -0.15) is 4.31 Å². The van der Waals surface area contributed by atoms with E-state index in [9.17, 15) is 8.42 Å². The van der Waals surface area contributed by atoms with Crippen molar-refractivity contribution in [2.45, 2.75) is 44.6 Å². The Balaban J connectivity index is 2.18. The average Bonchev–Trinajstić information content (AvgIpc) is 2.79. The summed E-state index contributed by atoms with van der Waals surface area (Å²) < 4.78 is 28.2. The summed E-state index contributed by atoms with van der Waals surface area (Å²) in [6.45, 7) is 8.26. The van der Waals surface area contributed by atoms with Crippen LogP contribution in [0.1, 0.15) is 31.6 Å². The Labute approximate surface area is 140 Å². The third-order valence-corrected chi connectivity index (χ3v) is 7.79. The van der Waals surface area contributed by atoms with Crippen LogP contribution in [0.3, 0.4) is 0 Å². The molecule has 4 nitrogen and oxygen atoms in total. The summed E-state index contributed by atoms with van der Waals surface area (Å²) in [5.41, 5.74) is 0. The molecule has 2 rings (SSSR count). The standard InChI is InChI=1S/C14H23BrN2O2S2/c1-4-16-10(2)12-6-5-7-17(9-12)21(18,19)13-8-14(15)20-11(13)3/h8,10,12,16H,4-7,9H2,1-3H3. The monoisotopic (exact) mass is 394 g/mol. The van der Waals surface area contributed by atoms with Crippen LogP contribution in [0.2, 0.25) is 0 Å². The Morgan fingerprint density at radius 3 is 2.86 bits per heavy atom. The van der Waals surface area contributed by atoms with E-state index in [0.717, 1.165) is 28.0 Å². The fourth-order valence-corrected chi connectivity index (χ4v) is 6.83. The summed E-state index contributed by atoms with van der Waals surface area (Å²) in [7, 11) is -3.37. The molecule has 2 unspecified atom stereocenters. The maximum Gasteiger partial charge on any atom is 0.244 e. The quantitative estimate of drug-likeness (QED) is 0.833. The summed E-state index contributed by atoms with van der Waals surface area (Å²) in [6, 6.07) is 2.08. The highest BCUT2D eigenvalue weighted by Crippen LogP contribution is 2.33. The highest BCUT2D eigenvalue weighted by atomic mass is 79.9. The molecule has 7 heteroatoms. The molecule has 2 atom stereocenters. The first-order chi connectivity index (χ1) is 9.86. The molecule has 0 aromatic carbocycles. The number of thiophene rings is 1. The molecule has 1 saturated heterocycles. The van der Waals surface area contributed by atoms with E-state index < -0.39 is 10.0 Å². The lowest BCUT2D eigenvalue weighted by atomic mass is 9.93. The van der Waals surface area contributed by atoms with Gasteiger partial charge >= 0.3 is 0 Å². The SMILES string of the molecule is CCNC(C)C1CCCN(S(=O)(=O)c2cc(Br)sc2C)C1. The van der Waals surface area contributed by atoms with Crippen molar-refractivity contribution in [3.05, 3.63) is 14.7 Å². The van der Waals surface area contributed by atoms with Crippen LogP contribution in [0, 0.1) is 12.8 Å². The maximum atomic E-state index is 12.8. The van der Waals surface area contributed by atoms with Gasteiger partial charge in [0.1, 0.15) is 0 Å². The first-order valence-corrected chi connectivity index (χ1v) is 10.4. The largest absolute Gasteiger partial charge is 0.314 e. The average molecular weight is 395 g/mol. The number of nitrogens with zero attached hydrogens (tertiary/aromatic N) is 1. The molecule has 1 fully saturated rings. The molecule has 0 spiro atoms. The van der Waals surface area contributed by atoms with Gasteiger partial charge in [0.15, 0.2) is 0 Å². The molecule has 1 aliphatic rings. The first-order valence-electron chi connectivity index (χ1n) is 7.35. The third-order valence-electron chi connectivity index (χ3n) is 4.11. The lowest BCUT2D eigenvalue weighted by Crippen LogP contribution is -2.46. The molecule has 0 bridgehead atoms. The first kappa shape index (κ1) is 17.4. The summed E-state index contributed by atoms with van der Waals surface area (Å²) >= 11 is 4.85. The number of hydrogen-bond acceptors (Lipinski definition) is 4. The van der Waals surface area contributed by atoms with Crippen LogP contribution in [-0.4, -0.2) is 38.4 Å². The Kier molecular flexibility index (Phi) is 5.87. The van der Waals surface area contributed by atoms with Crippen molar-refractivity contribution in [2.24, 2.45) is 5.92 Å². The molecular formula is C14H23BrN2O2S2. The molecular weight excluding hydrogens is 372 g/mol. The van der Waals surface area contributed by atoms with Crippen LogP contribution < -0.4 is 5.32 Å². The minimum absolute atomic E-state index is 0.350. The highest BCUT2D eigenvalue weighted by Gasteiger charge is 2.33. The second kappa shape index (κ2) is 7.08. The Bertz CT molecular complexity index is 586. The molecule has 0 aliphatic carbocycles. The highest BCUT2D eigenvalue weighted by molar-refractivity contribution is 9.11. The van der Waals surface area contributed by atoms with Crippen molar-refractivity contribution < 1.29 is 8.42 Å². The van der Waals surface area contributed by atoms with Gasteiger partial charge in [-0.1, -0.05) is 6.92 Å². The fraction of sp³-hybridized carbons (Fsp3) is 0.714. The van der Waals surface area contributed by atoms with Crippen LogP contribution in [0.15, 0.2) is 14.7 Å². The predicted octanol–water partition coefficient (Wildman–Crippen LogP) is 3.22. The lowest BCUT2D eigenvalue weighted by Gasteiger charge is -2.35. The van der Waals surface area contributed by atoms with Crippen LogP contribution >= 0.6 is 27.3 Å². The van der Waals surface area contributed by atoms with Crippen molar-refractivity contribution in [2.75, 3.05) is 19.6 Å². The normalized spacial score (nSPS) is 22.4. The van der Waals surface area contributed by atoms with E-state index in [4.69, 9.17) is 0 Å². The second-order valence-electron chi connectivity index (χ2n) is 5.58. The van der Waals surface area contributed by atoms with Crippen LogP contribution in [-0.2, 0) is 10.0 Å². The molecule has 0 radical (unpaired) electrons. The van der Waals surface area contributed by atoms with Crippen molar-refractivity contribution in [1.29, 1.82) is 0 Å². The zero-order valence-corrected chi connectivity index (χ0v) is 15.9. The summed E-state index contributed by atoms with van der Waals surface area (Å²) in [4.78, 5) is 1.31. The molecule has 0 amide bonds. The van der Waals surface area contributed by atoms with Gasteiger partial charge in [-0.05, 0) is 61.1 Å². The minimum Gasteiger partial charge on any atom is -0.314 e. The minimum atomic E-state index is -3.37. The van der Waals surface area contributed by atoms with Crippen molar-refractivity contribution >= 4 is 37.3 Å². The number of hydrogen-bond donors (Lipinski definition) is 1. The van der Waals surface area contributed by atoms with Crippen LogP contribution in [0.4, 0.5) is 0 Å². The fourth-order valence-electron chi connectivity index (χ4n) is 2.91. The molecule has 2 heterocycles. The summed E-state index contributed by atoms with van der Waals surface area (Å²) in [5.74, 6) is 0.385. The number of nitrogens with one attached hydrogen (secondary N) is 1. The van der Waals surface area contributed by atoms with Gasteiger partial charge in [-0.3, -0.25) is 0 Å². The van der Waals surface area contributed by atoms with E-state index in [1.807, 2.05) is 6.92 Å². The zero-order valence-electron chi connectivity index (χ0n) is 12.7. The molecule has 21 heavy (non-hydrogen) atoms. The van der Waals surface area contributed by atoms with Gasteiger partial charge in [0.2, 0.25) is 10.0 Å². The molecule has 120 valence electrons. The smallest absolute Gasteiger partial charge is 0.244 e.